The Morgan fingerprint density at radius 3 is 2.56 bits per heavy atom. The lowest BCUT2D eigenvalue weighted by Gasteiger charge is -2.25. The molecule has 1 heterocycles. The SMILES string of the molecule is CN(C)C(=O)C1CC(C2CCCCC2)ON1. The van der Waals surface area contributed by atoms with Crippen LogP contribution in [0, 0.1) is 5.92 Å². The monoisotopic (exact) mass is 226 g/mol. The summed E-state index contributed by atoms with van der Waals surface area (Å²) in [5.74, 6) is 0.777. The quantitative estimate of drug-likeness (QED) is 0.772. The number of hydroxylamine groups is 1. The molecule has 16 heavy (non-hydrogen) atoms. The summed E-state index contributed by atoms with van der Waals surface area (Å²) in [6.07, 6.45) is 7.59. The Labute approximate surface area is 97.3 Å². The number of amides is 1. The van der Waals surface area contributed by atoms with Crippen LogP contribution in [0.2, 0.25) is 0 Å². The third-order valence-corrected chi connectivity index (χ3v) is 3.74. The van der Waals surface area contributed by atoms with Crippen molar-refractivity contribution in [3.63, 3.8) is 0 Å². The molecule has 2 rings (SSSR count). The number of likely N-dealkylation sites (N-methyl/N-ethyl adjacent to an activating group) is 1. The van der Waals surface area contributed by atoms with Gasteiger partial charge < -0.3 is 4.90 Å². The predicted octanol–water partition coefficient (Wildman–Crippen LogP) is 1.32. The Morgan fingerprint density at radius 2 is 1.94 bits per heavy atom. The Balaban J connectivity index is 1.85. The minimum atomic E-state index is -0.137. The maximum atomic E-state index is 11.8. The van der Waals surface area contributed by atoms with Crippen LogP contribution in [-0.2, 0) is 9.63 Å². The van der Waals surface area contributed by atoms with Gasteiger partial charge in [-0.05, 0) is 18.8 Å². The lowest BCUT2D eigenvalue weighted by atomic mass is 9.83. The second kappa shape index (κ2) is 5.15. The van der Waals surface area contributed by atoms with Crippen LogP contribution >= 0.6 is 0 Å². The van der Waals surface area contributed by atoms with E-state index in [1.54, 1.807) is 19.0 Å². The van der Waals surface area contributed by atoms with Crippen LogP contribution in [0.5, 0.6) is 0 Å². The van der Waals surface area contributed by atoms with E-state index in [2.05, 4.69) is 5.48 Å². The van der Waals surface area contributed by atoms with Crippen LogP contribution in [0.3, 0.4) is 0 Å². The first-order chi connectivity index (χ1) is 7.68. The molecule has 0 spiro atoms. The highest BCUT2D eigenvalue weighted by molar-refractivity contribution is 5.81. The number of nitrogens with zero attached hydrogens (tertiary/aromatic N) is 1. The number of nitrogens with one attached hydrogen (secondary N) is 1. The van der Waals surface area contributed by atoms with Gasteiger partial charge in [-0.15, -0.1) is 0 Å². The molecule has 0 aromatic rings. The maximum Gasteiger partial charge on any atom is 0.241 e. The van der Waals surface area contributed by atoms with Crippen molar-refractivity contribution in [3.8, 4) is 0 Å². The largest absolute Gasteiger partial charge is 0.347 e. The first-order valence-electron chi connectivity index (χ1n) is 6.31. The zero-order chi connectivity index (χ0) is 11.5. The van der Waals surface area contributed by atoms with Gasteiger partial charge in [0.1, 0.15) is 6.04 Å². The lowest BCUT2D eigenvalue weighted by molar-refractivity contribution is -0.132. The Hall–Kier alpha value is -0.610. The van der Waals surface area contributed by atoms with Gasteiger partial charge in [-0.1, -0.05) is 19.3 Å². The van der Waals surface area contributed by atoms with E-state index in [9.17, 15) is 4.79 Å². The molecule has 2 fully saturated rings. The molecule has 4 heteroatoms. The van der Waals surface area contributed by atoms with Gasteiger partial charge >= 0.3 is 0 Å². The van der Waals surface area contributed by atoms with Crippen LogP contribution in [0.4, 0.5) is 0 Å². The molecule has 1 aliphatic heterocycles. The summed E-state index contributed by atoms with van der Waals surface area (Å²) in [5, 5.41) is 0. The smallest absolute Gasteiger partial charge is 0.241 e. The average Bonchev–Trinajstić information content (AvgIpc) is 2.78. The Morgan fingerprint density at radius 1 is 1.25 bits per heavy atom. The van der Waals surface area contributed by atoms with Crippen molar-refractivity contribution in [2.45, 2.75) is 50.7 Å². The summed E-state index contributed by atoms with van der Waals surface area (Å²) in [6.45, 7) is 0. The summed E-state index contributed by atoms with van der Waals surface area (Å²) in [5.41, 5.74) is 2.89. The van der Waals surface area contributed by atoms with Crippen molar-refractivity contribution in [1.82, 2.24) is 10.4 Å². The van der Waals surface area contributed by atoms with Crippen molar-refractivity contribution in [1.29, 1.82) is 0 Å². The molecule has 0 aromatic carbocycles. The van der Waals surface area contributed by atoms with Crippen molar-refractivity contribution in [2.24, 2.45) is 5.92 Å². The van der Waals surface area contributed by atoms with E-state index in [4.69, 9.17) is 4.84 Å². The molecule has 0 radical (unpaired) electrons. The fourth-order valence-corrected chi connectivity index (χ4v) is 2.76. The molecule has 92 valence electrons. The van der Waals surface area contributed by atoms with E-state index in [-0.39, 0.29) is 18.1 Å². The fraction of sp³-hybridized carbons (Fsp3) is 0.917. The molecule has 0 bridgehead atoms. The van der Waals surface area contributed by atoms with Crippen molar-refractivity contribution >= 4 is 5.91 Å². The molecule has 2 aliphatic rings. The van der Waals surface area contributed by atoms with Gasteiger partial charge in [0, 0.05) is 20.5 Å². The number of hydrogen-bond acceptors (Lipinski definition) is 3. The Bertz CT molecular complexity index is 249. The van der Waals surface area contributed by atoms with Gasteiger partial charge in [0.05, 0.1) is 6.10 Å². The third-order valence-electron chi connectivity index (χ3n) is 3.74. The van der Waals surface area contributed by atoms with E-state index in [1.165, 1.54) is 32.1 Å². The highest BCUT2D eigenvalue weighted by atomic mass is 16.7. The first kappa shape index (κ1) is 11.9. The summed E-state index contributed by atoms with van der Waals surface area (Å²) in [6, 6.07) is -0.137. The van der Waals surface area contributed by atoms with Crippen LogP contribution in [-0.4, -0.2) is 37.0 Å². The van der Waals surface area contributed by atoms with Gasteiger partial charge in [0.15, 0.2) is 0 Å². The van der Waals surface area contributed by atoms with Gasteiger partial charge in [-0.2, -0.15) is 5.48 Å². The van der Waals surface area contributed by atoms with E-state index in [1.807, 2.05) is 0 Å². The topological polar surface area (TPSA) is 41.6 Å². The van der Waals surface area contributed by atoms with Crippen LogP contribution in [0.1, 0.15) is 38.5 Å². The van der Waals surface area contributed by atoms with Gasteiger partial charge in [0.25, 0.3) is 0 Å². The molecule has 1 N–H and O–H groups in total. The maximum absolute atomic E-state index is 11.8. The highest BCUT2D eigenvalue weighted by Gasteiger charge is 2.36. The minimum absolute atomic E-state index is 0.123. The molecule has 2 unspecified atom stereocenters. The molecule has 2 atom stereocenters. The minimum Gasteiger partial charge on any atom is -0.347 e. The molecule has 1 saturated carbocycles. The molecule has 1 aliphatic carbocycles. The zero-order valence-electron chi connectivity index (χ0n) is 10.2. The number of carbonyl (C=O) groups is 1. The Kier molecular flexibility index (Phi) is 3.82. The molecular formula is C12H22N2O2. The van der Waals surface area contributed by atoms with Crippen molar-refractivity contribution < 1.29 is 9.63 Å². The summed E-state index contributed by atoms with van der Waals surface area (Å²) in [7, 11) is 3.58. The molecule has 4 nitrogen and oxygen atoms in total. The third kappa shape index (κ3) is 2.55. The van der Waals surface area contributed by atoms with E-state index in [0.717, 1.165) is 6.42 Å². The lowest BCUT2D eigenvalue weighted by Crippen LogP contribution is -2.39. The number of hydrogen-bond donors (Lipinski definition) is 1. The fourth-order valence-electron chi connectivity index (χ4n) is 2.76. The van der Waals surface area contributed by atoms with Gasteiger partial charge in [0.2, 0.25) is 5.91 Å². The molecule has 1 saturated heterocycles. The molecule has 1 amide bonds. The normalized spacial score (nSPS) is 31.6. The van der Waals surface area contributed by atoms with E-state index in [0.29, 0.717) is 5.92 Å². The summed E-state index contributed by atoms with van der Waals surface area (Å²) < 4.78 is 0. The standard InChI is InChI=1S/C12H22N2O2/c1-14(2)12(15)10-8-11(16-13-10)9-6-4-3-5-7-9/h9-11,13H,3-8H2,1-2H3. The summed E-state index contributed by atoms with van der Waals surface area (Å²) in [4.78, 5) is 19.0. The van der Waals surface area contributed by atoms with Crippen LogP contribution < -0.4 is 5.48 Å². The zero-order valence-corrected chi connectivity index (χ0v) is 10.2. The van der Waals surface area contributed by atoms with Crippen molar-refractivity contribution in [3.05, 3.63) is 0 Å². The second-order valence-corrected chi connectivity index (χ2v) is 5.19. The van der Waals surface area contributed by atoms with Crippen molar-refractivity contribution in [2.75, 3.05) is 14.1 Å². The molecule has 0 aromatic heterocycles. The average molecular weight is 226 g/mol. The van der Waals surface area contributed by atoms with Crippen LogP contribution in [0.25, 0.3) is 0 Å². The van der Waals surface area contributed by atoms with E-state index >= 15 is 0 Å². The molecular weight excluding hydrogens is 204 g/mol. The second-order valence-electron chi connectivity index (χ2n) is 5.19. The predicted molar refractivity (Wildman–Crippen MR) is 61.7 cm³/mol. The first-order valence-corrected chi connectivity index (χ1v) is 6.31. The van der Waals surface area contributed by atoms with Crippen LogP contribution in [0.15, 0.2) is 0 Å². The van der Waals surface area contributed by atoms with Gasteiger partial charge in [-0.25, -0.2) is 0 Å². The van der Waals surface area contributed by atoms with Gasteiger partial charge in [-0.3, -0.25) is 9.63 Å². The summed E-state index contributed by atoms with van der Waals surface area (Å²) >= 11 is 0. The van der Waals surface area contributed by atoms with E-state index < -0.39 is 0 Å². The highest BCUT2D eigenvalue weighted by Crippen LogP contribution is 2.31. The number of carbonyl (C=O) groups excluding carboxylic acids is 1. The number of rotatable bonds is 2.